The number of rotatable bonds is 3. The lowest BCUT2D eigenvalue weighted by molar-refractivity contribution is 0.482. The van der Waals surface area contributed by atoms with Gasteiger partial charge in [0.15, 0.2) is 9.84 Å². The molecule has 0 aromatic carbocycles. The molecule has 1 aliphatic heterocycles. The summed E-state index contributed by atoms with van der Waals surface area (Å²) in [5, 5.41) is 3.28. The highest BCUT2D eigenvalue weighted by molar-refractivity contribution is 7.91. The van der Waals surface area contributed by atoms with Crippen LogP contribution < -0.4 is 5.32 Å². The van der Waals surface area contributed by atoms with Crippen LogP contribution in [0, 0.1) is 0 Å². The summed E-state index contributed by atoms with van der Waals surface area (Å²) in [4.78, 5) is 1.15. The Kier molecular flexibility index (Phi) is 3.89. The van der Waals surface area contributed by atoms with Crippen LogP contribution in [0.15, 0.2) is 12.1 Å². The molecule has 0 saturated carbocycles. The maximum Gasteiger partial charge on any atom is 0.151 e. The van der Waals surface area contributed by atoms with Crippen molar-refractivity contribution in [2.45, 2.75) is 25.4 Å². The monoisotopic (exact) mass is 279 g/mol. The molecule has 0 amide bonds. The van der Waals surface area contributed by atoms with Crippen LogP contribution in [0.1, 0.15) is 17.7 Å². The van der Waals surface area contributed by atoms with E-state index in [0.717, 1.165) is 22.1 Å². The first-order chi connectivity index (χ1) is 7.55. The number of nitrogens with one attached hydrogen (secondary N) is 1. The van der Waals surface area contributed by atoms with E-state index in [-0.39, 0.29) is 11.8 Å². The average Bonchev–Trinajstić information content (AvgIpc) is 2.60. The zero-order chi connectivity index (χ0) is 11.6. The van der Waals surface area contributed by atoms with Crippen molar-refractivity contribution in [3.8, 4) is 0 Å². The van der Waals surface area contributed by atoms with Gasteiger partial charge in [-0.3, -0.25) is 0 Å². The van der Waals surface area contributed by atoms with Crippen molar-refractivity contribution in [1.29, 1.82) is 0 Å². The van der Waals surface area contributed by atoms with E-state index in [0.29, 0.717) is 12.3 Å². The fraction of sp³-hybridized carbons (Fsp3) is 0.600. The molecule has 1 atom stereocenters. The Morgan fingerprint density at radius 1 is 1.50 bits per heavy atom. The largest absolute Gasteiger partial charge is 0.308 e. The van der Waals surface area contributed by atoms with Crippen molar-refractivity contribution < 1.29 is 8.42 Å². The number of sulfone groups is 1. The number of thiophene rings is 1. The molecule has 1 N–H and O–H groups in total. The fourth-order valence-electron chi connectivity index (χ4n) is 1.88. The lowest BCUT2D eigenvalue weighted by atomic mass is 10.2. The summed E-state index contributed by atoms with van der Waals surface area (Å²) in [6.45, 7) is 0.706. The molecule has 0 bridgehead atoms. The van der Waals surface area contributed by atoms with Gasteiger partial charge in [0, 0.05) is 17.5 Å². The van der Waals surface area contributed by atoms with Gasteiger partial charge in [0.2, 0.25) is 0 Å². The topological polar surface area (TPSA) is 46.2 Å². The Balaban J connectivity index is 1.86. The van der Waals surface area contributed by atoms with Gasteiger partial charge in [0.1, 0.15) is 0 Å². The van der Waals surface area contributed by atoms with E-state index in [1.165, 1.54) is 11.3 Å². The normalized spacial score (nSPS) is 24.4. The van der Waals surface area contributed by atoms with Crippen LogP contribution in [0.5, 0.6) is 0 Å². The van der Waals surface area contributed by atoms with Crippen LogP contribution in [-0.4, -0.2) is 26.0 Å². The van der Waals surface area contributed by atoms with Crippen molar-refractivity contribution in [3.63, 3.8) is 0 Å². The molecule has 0 radical (unpaired) electrons. The van der Waals surface area contributed by atoms with Gasteiger partial charge in [0.25, 0.3) is 0 Å². The van der Waals surface area contributed by atoms with Crippen LogP contribution in [0.4, 0.5) is 0 Å². The van der Waals surface area contributed by atoms with Crippen LogP contribution in [0.3, 0.4) is 0 Å². The van der Waals surface area contributed by atoms with Crippen molar-refractivity contribution in [2.75, 3.05) is 11.5 Å². The molecule has 2 rings (SSSR count). The summed E-state index contributed by atoms with van der Waals surface area (Å²) in [6.07, 6.45) is 1.71. The van der Waals surface area contributed by atoms with Gasteiger partial charge in [-0.2, -0.15) is 0 Å². The summed E-state index contributed by atoms with van der Waals surface area (Å²) >= 11 is 7.35. The maximum absolute atomic E-state index is 11.4. The quantitative estimate of drug-likeness (QED) is 0.921. The smallest absolute Gasteiger partial charge is 0.151 e. The second kappa shape index (κ2) is 5.04. The van der Waals surface area contributed by atoms with Gasteiger partial charge >= 0.3 is 0 Å². The second-order valence-corrected chi connectivity index (χ2v) is 8.07. The van der Waals surface area contributed by atoms with Crippen LogP contribution in [0.2, 0.25) is 4.34 Å². The second-order valence-electron chi connectivity index (χ2n) is 4.04. The molecule has 16 heavy (non-hydrogen) atoms. The third kappa shape index (κ3) is 3.45. The minimum atomic E-state index is -2.82. The van der Waals surface area contributed by atoms with Crippen LogP contribution in [-0.2, 0) is 16.4 Å². The Morgan fingerprint density at radius 2 is 2.31 bits per heavy atom. The number of halogens is 1. The summed E-state index contributed by atoms with van der Waals surface area (Å²) in [5.74, 6) is 0.613. The van der Waals surface area contributed by atoms with E-state index < -0.39 is 9.84 Å². The molecule has 1 aromatic rings. The maximum atomic E-state index is 11.4. The molecule has 1 unspecified atom stereocenters. The van der Waals surface area contributed by atoms with Gasteiger partial charge in [0.05, 0.1) is 15.8 Å². The molecule has 6 heteroatoms. The first-order valence-corrected chi connectivity index (χ1v) is 8.25. The summed E-state index contributed by atoms with van der Waals surface area (Å²) < 4.78 is 23.6. The molecular weight excluding hydrogens is 266 g/mol. The molecule has 1 fully saturated rings. The van der Waals surface area contributed by atoms with Gasteiger partial charge < -0.3 is 5.32 Å². The molecule has 1 aromatic heterocycles. The van der Waals surface area contributed by atoms with Crippen molar-refractivity contribution >= 4 is 32.8 Å². The molecule has 3 nitrogen and oxygen atoms in total. The molecule has 1 saturated heterocycles. The average molecular weight is 280 g/mol. The predicted molar refractivity (Wildman–Crippen MR) is 67.8 cm³/mol. The van der Waals surface area contributed by atoms with E-state index in [4.69, 9.17) is 11.6 Å². The third-order valence-corrected chi connectivity index (χ3v) is 5.71. The van der Waals surface area contributed by atoms with Gasteiger partial charge in [-0.05, 0) is 25.0 Å². The van der Waals surface area contributed by atoms with Gasteiger partial charge in [-0.15, -0.1) is 11.3 Å². The SMILES string of the molecule is O=S1(=O)CCCC(NCc2ccc(Cl)s2)C1. The fourth-order valence-corrected chi connectivity index (χ4v) is 4.58. The first-order valence-electron chi connectivity index (χ1n) is 5.23. The van der Waals surface area contributed by atoms with Crippen molar-refractivity contribution in [1.82, 2.24) is 5.32 Å². The highest BCUT2D eigenvalue weighted by atomic mass is 35.5. The Hall–Kier alpha value is -0.100. The van der Waals surface area contributed by atoms with Crippen molar-refractivity contribution in [3.05, 3.63) is 21.3 Å². The van der Waals surface area contributed by atoms with E-state index in [9.17, 15) is 8.42 Å². The number of hydrogen-bond donors (Lipinski definition) is 1. The minimum Gasteiger partial charge on any atom is -0.308 e. The Morgan fingerprint density at radius 3 is 2.94 bits per heavy atom. The predicted octanol–water partition coefficient (Wildman–Crippen LogP) is 2.07. The zero-order valence-corrected chi connectivity index (χ0v) is 11.2. The van der Waals surface area contributed by atoms with Gasteiger partial charge in [-0.25, -0.2) is 8.42 Å². The lowest BCUT2D eigenvalue weighted by Crippen LogP contribution is -2.39. The van der Waals surface area contributed by atoms with E-state index in [2.05, 4.69) is 5.32 Å². The van der Waals surface area contributed by atoms with E-state index in [1.807, 2.05) is 12.1 Å². The van der Waals surface area contributed by atoms with E-state index in [1.54, 1.807) is 0 Å². The zero-order valence-electron chi connectivity index (χ0n) is 8.78. The van der Waals surface area contributed by atoms with Crippen LogP contribution in [0.25, 0.3) is 0 Å². The summed E-state index contributed by atoms with van der Waals surface area (Å²) in [6, 6.07) is 3.93. The third-order valence-electron chi connectivity index (χ3n) is 2.66. The Labute approximate surface area is 105 Å². The highest BCUT2D eigenvalue weighted by Crippen LogP contribution is 2.21. The molecule has 0 aliphatic carbocycles. The number of hydrogen-bond acceptors (Lipinski definition) is 4. The van der Waals surface area contributed by atoms with Crippen LogP contribution >= 0.6 is 22.9 Å². The standard InChI is InChI=1S/C10H14ClNO2S2/c11-10-4-3-9(15-10)6-12-8-2-1-5-16(13,14)7-8/h3-4,8,12H,1-2,5-7H2. The first kappa shape index (κ1) is 12.4. The Bertz CT molecular complexity index is 455. The summed E-state index contributed by atoms with van der Waals surface area (Å²) in [5.41, 5.74) is 0. The molecule has 2 heterocycles. The van der Waals surface area contributed by atoms with E-state index >= 15 is 0 Å². The lowest BCUT2D eigenvalue weighted by Gasteiger charge is -2.22. The molecule has 1 aliphatic rings. The van der Waals surface area contributed by atoms with Crippen molar-refractivity contribution in [2.24, 2.45) is 0 Å². The molecule has 90 valence electrons. The summed E-state index contributed by atoms with van der Waals surface area (Å²) in [7, 11) is -2.82. The molecule has 0 spiro atoms. The van der Waals surface area contributed by atoms with Gasteiger partial charge in [-0.1, -0.05) is 11.6 Å². The minimum absolute atomic E-state index is 0.0969. The highest BCUT2D eigenvalue weighted by Gasteiger charge is 2.24. The molecular formula is C10H14ClNO2S2.